The highest BCUT2D eigenvalue weighted by Crippen LogP contribution is 2.19. The predicted molar refractivity (Wildman–Crippen MR) is 50.5 cm³/mol. The molecule has 1 aromatic rings. The van der Waals surface area contributed by atoms with Crippen LogP contribution in [-0.4, -0.2) is 18.8 Å². The summed E-state index contributed by atoms with van der Waals surface area (Å²) in [7, 11) is 1.57. The van der Waals surface area contributed by atoms with Crippen molar-refractivity contribution in [2.75, 3.05) is 13.7 Å². The molecule has 1 rings (SSSR count). The van der Waals surface area contributed by atoms with Gasteiger partial charge in [0.2, 0.25) is 0 Å². The summed E-state index contributed by atoms with van der Waals surface area (Å²) >= 11 is 0. The smallest absolute Gasteiger partial charge is 0.127 e. The van der Waals surface area contributed by atoms with Crippen molar-refractivity contribution >= 4 is 0 Å². The highest BCUT2D eigenvalue weighted by molar-refractivity contribution is 5.27. The summed E-state index contributed by atoms with van der Waals surface area (Å²) in [4.78, 5) is 0. The van der Waals surface area contributed by atoms with Gasteiger partial charge in [0.25, 0.3) is 0 Å². The molecule has 13 heavy (non-hydrogen) atoms. The lowest BCUT2D eigenvalue weighted by molar-refractivity contribution is 0.169. The topological polar surface area (TPSA) is 55.5 Å². The molecular weight excluding hydrogens is 166 g/mol. The van der Waals surface area contributed by atoms with Gasteiger partial charge < -0.3 is 15.6 Å². The molecule has 0 aliphatic heterocycles. The standard InChI is InChI=1S/C10H14NO2/c1-13-9-4-2-3-8(7-9)10(12)5-6-11/h2-4,10,12H,5-6,11H2,1H3. The van der Waals surface area contributed by atoms with Gasteiger partial charge in [-0.3, -0.25) is 0 Å². The van der Waals surface area contributed by atoms with Crippen molar-refractivity contribution in [3.05, 3.63) is 29.8 Å². The molecule has 0 amide bonds. The molecule has 0 fully saturated rings. The third-order valence-electron chi connectivity index (χ3n) is 1.81. The number of aliphatic hydroxyl groups excluding tert-OH is 1. The van der Waals surface area contributed by atoms with Gasteiger partial charge in [0, 0.05) is 6.07 Å². The maximum atomic E-state index is 9.57. The van der Waals surface area contributed by atoms with Gasteiger partial charge in [0.15, 0.2) is 0 Å². The normalized spacial score (nSPS) is 12.5. The molecule has 0 aliphatic carbocycles. The van der Waals surface area contributed by atoms with Crippen LogP contribution in [0.3, 0.4) is 0 Å². The van der Waals surface area contributed by atoms with Crippen LogP contribution in [0.2, 0.25) is 0 Å². The second-order valence-corrected chi connectivity index (χ2v) is 2.77. The zero-order valence-electron chi connectivity index (χ0n) is 7.66. The monoisotopic (exact) mass is 180 g/mol. The molecule has 3 nitrogen and oxygen atoms in total. The highest BCUT2D eigenvalue weighted by atomic mass is 16.5. The second-order valence-electron chi connectivity index (χ2n) is 2.77. The predicted octanol–water partition coefficient (Wildman–Crippen LogP) is 0.878. The summed E-state index contributed by atoms with van der Waals surface area (Å²) < 4.78 is 4.99. The number of aliphatic hydroxyl groups is 1. The van der Waals surface area contributed by atoms with Gasteiger partial charge in [0.05, 0.1) is 13.2 Å². The van der Waals surface area contributed by atoms with Gasteiger partial charge in [-0.1, -0.05) is 12.1 Å². The minimum absolute atomic E-state index is 0.465. The minimum atomic E-state index is -0.542. The molecule has 3 heteroatoms. The summed E-state index contributed by atoms with van der Waals surface area (Å²) in [5, 5.41) is 9.57. The van der Waals surface area contributed by atoms with Gasteiger partial charge in [-0.15, -0.1) is 0 Å². The van der Waals surface area contributed by atoms with Crippen LogP contribution in [0.15, 0.2) is 18.2 Å². The number of nitrogens with two attached hydrogens (primary N) is 1. The SMILES string of the molecule is COc1[c]c(C(O)CCN)ccc1. The van der Waals surface area contributed by atoms with E-state index in [1.165, 1.54) is 0 Å². The average molecular weight is 180 g/mol. The van der Waals surface area contributed by atoms with E-state index in [2.05, 4.69) is 6.07 Å². The molecule has 1 atom stereocenters. The number of methoxy groups -OCH3 is 1. The molecule has 1 radical (unpaired) electrons. The first kappa shape index (κ1) is 10.0. The lowest BCUT2D eigenvalue weighted by Crippen LogP contribution is -2.06. The molecule has 0 aromatic heterocycles. The summed E-state index contributed by atoms with van der Waals surface area (Å²) in [6, 6.07) is 8.37. The van der Waals surface area contributed by atoms with E-state index in [0.29, 0.717) is 18.7 Å². The molecule has 0 bridgehead atoms. The van der Waals surface area contributed by atoms with Crippen molar-refractivity contribution in [1.29, 1.82) is 0 Å². The Morgan fingerprint density at radius 3 is 3.00 bits per heavy atom. The lowest BCUT2D eigenvalue weighted by atomic mass is 10.1. The Labute approximate surface area is 78.1 Å². The fourth-order valence-corrected chi connectivity index (χ4v) is 1.09. The zero-order chi connectivity index (χ0) is 9.68. The van der Waals surface area contributed by atoms with E-state index < -0.39 is 6.10 Å². The maximum Gasteiger partial charge on any atom is 0.127 e. The quantitative estimate of drug-likeness (QED) is 0.723. The van der Waals surface area contributed by atoms with E-state index >= 15 is 0 Å². The fourth-order valence-electron chi connectivity index (χ4n) is 1.09. The first-order chi connectivity index (χ1) is 6.27. The molecule has 1 unspecified atom stereocenters. The summed E-state index contributed by atoms with van der Waals surface area (Å²) in [6.07, 6.45) is 0.00373. The van der Waals surface area contributed by atoms with Crippen molar-refractivity contribution in [1.82, 2.24) is 0 Å². The number of hydrogen-bond donors (Lipinski definition) is 2. The number of hydrogen-bond acceptors (Lipinski definition) is 3. The van der Waals surface area contributed by atoms with Crippen LogP contribution in [0.25, 0.3) is 0 Å². The van der Waals surface area contributed by atoms with Crippen LogP contribution in [-0.2, 0) is 0 Å². The van der Waals surface area contributed by atoms with E-state index in [0.717, 1.165) is 5.56 Å². The van der Waals surface area contributed by atoms with Crippen LogP contribution in [0.5, 0.6) is 5.75 Å². The van der Waals surface area contributed by atoms with Gasteiger partial charge in [-0.25, -0.2) is 0 Å². The first-order valence-electron chi connectivity index (χ1n) is 4.22. The molecule has 0 saturated carbocycles. The van der Waals surface area contributed by atoms with Crippen LogP contribution in [0, 0.1) is 6.07 Å². The van der Waals surface area contributed by atoms with E-state index in [1.54, 1.807) is 13.2 Å². The Hall–Kier alpha value is -1.06. The molecule has 71 valence electrons. The molecule has 3 N–H and O–H groups in total. The highest BCUT2D eigenvalue weighted by Gasteiger charge is 2.06. The van der Waals surface area contributed by atoms with E-state index in [4.69, 9.17) is 10.5 Å². The van der Waals surface area contributed by atoms with Gasteiger partial charge in [-0.2, -0.15) is 0 Å². The van der Waals surface area contributed by atoms with Crippen LogP contribution < -0.4 is 10.5 Å². The Balaban J connectivity index is 2.75. The molecule has 0 heterocycles. The largest absolute Gasteiger partial charge is 0.496 e. The molecular formula is C10H14NO2. The molecule has 0 spiro atoms. The Morgan fingerprint density at radius 2 is 2.38 bits per heavy atom. The minimum Gasteiger partial charge on any atom is -0.496 e. The maximum absolute atomic E-state index is 9.57. The van der Waals surface area contributed by atoms with Crippen LogP contribution in [0.4, 0.5) is 0 Å². The molecule has 1 aromatic carbocycles. The van der Waals surface area contributed by atoms with E-state index in [1.807, 2.05) is 12.1 Å². The number of rotatable bonds is 4. The summed E-state index contributed by atoms with van der Waals surface area (Å²) in [5.74, 6) is 0.633. The Kier molecular flexibility index (Phi) is 3.73. The zero-order valence-corrected chi connectivity index (χ0v) is 7.66. The van der Waals surface area contributed by atoms with Gasteiger partial charge >= 0.3 is 0 Å². The Morgan fingerprint density at radius 1 is 1.62 bits per heavy atom. The fraction of sp³-hybridized carbons (Fsp3) is 0.400. The van der Waals surface area contributed by atoms with Crippen molar-refractivity contribution in [3.8, 4) is 5.75 Å². The third-order valence-corrected chi connectivity index (χ3v) is 1.81. The Bertz CT molecular complexity index is 263. The van der Waals surface area contributed by atoms with Crippen molar-refractivity contribution in [2.24, 2.45) is 5.73 Å². The van der Waals surface area contributed by atoms with Crippen molar-refractivity contribution in [2.45, 2.75) is 12.5 Å². The third kappa shape index (κ3) is 2.72. The summed E-state index contributed by atoms with van der Waals surface area (Å²) in [5.41, 5.74) is 6.06. The number of benzene rings is 1. The van der Waals surface area contributed by atoms with Crippen molar-refractivity contribution < 1.29 is 9.84 Å². The van der Waals surface area contributed by atoms with E-state index in [9.17, 15) is 5.11 Å². The molecule has 0 aliphatic rings. The second kappa shape index (κ2) is 4.84. The summed E-state index contributed by atoms with van der Waals surface area (Å²) in [6.45, 7) is 0.465. The van der Waals surface area contributed by atoms with E-state index in [-0.39, 0.29) is 0 Å². The van der Waals surface area contributed by atoms with Gasteiger partial charge in [0.1, 0.15) is 5.75 Å². The lowest BCUT2D eigenvalue weighted by Gasteiger charge is -2.09. The first-order valence-corrected chi connectivity index (χ1v) is 4.22. The van der Waals surface area contributed by atoms with Gasteiger partial charge in [-0.05, 0) is 24.6 Å². The van der Waals surface area contributed by atoms with Crippen LogP contribution in [0.1, 0.15) is 18.1 Å². The average Bonchev–Trinajstić information content (AvgIpc) is 2.18. The number of ether oxygens (including phenoxy) is 1. The van der Waals surface area contributed by atoms with Crippen LogP contribution >= 0.6 is 0 Å². The van der Waals surface area contributed by atoms with Crippen molar-refractivity contribution in [3.63, 3.8) is 0 Å². The molecule has 0 saturated heterocycles.